The summed E-state index contributed by atoms with van der Waals surface area (Å²) < 4.78 is 5.18. The lowest BCUT2D eigenvalue weighted by Gasteiger charge is -2.31. The number of nitrogens with zero attached hydrogens (tertiary/aromatic N) is 1. The van der Waals surface area contributed by atoms with Crippen LogP contribution in [0.15, 0.2) is 0 Å². The van der Waals surface area contributed by atoms with Gasteiger partial charge in [0, 0.05) is 18.6 Å². The first-order valence-corrected chi connectivity index (χ1v) is 7.62. The van der Waals surface area contributed by atoms with E-state index < -0.39 is 0 Å². The average Bonchev–Trinajstić information content (AvgIpc) is 2.76. The first-order valence-electron chi connectivity index (χ1n) is 7.62. The summed E-state index contributed by atoms with van der Waals surface area (Å²) in [6.07, 6.45) is 2.48. The molecular formula is C15H30N2O2. The average molecular weight is 270 g/mol. The lowest BCUT2D eigenvalue weighted by atomic mass is 10.0. The first kappa shape index (κ1) is 16.4. The Bertz CT molecular complexity index is 279. The predicted molar refractivity (Wildman–Crippen MR) is 78.1 cm³/mol. The van der Waals surface area contributed by atoms with Crippen molar-refractivity contribution in [2.45, 2.75) is 65.6 Å². The summed E-state index contributed by atoms with van der Waals surface area (Å²) in [6, 6.07) is 0.680. The van der Waals surface area contributed by atoms with Gasteiger partial charge in [0.15, 0.2) is 0 Å². The van der Waals surface area contributed by atoms with Crippen molar-refractivity contribution < 1.29 is 9.53 Å². The molecule has 0 aliphatic carbocycles. The maximum absolute atomic E-state index is 12.0. The lowest BCUT2D eigenvalue weighted by Crippen LogP contribution is -2.51. The predicted octanol–water partition coefficient (Wildman–Crippen LogP) is 2.04. The van der Waals surface area contributed by atoms with E-state index in [9.17, 15) is 4.79 Å². The number of carbonyl (C=O) groups excluding carboxylic acids is 1. The van der Waals surface area contributed by atoms with E-state index in [2.05, 4.69) is 37.9 Å². The number of likely N-dealkylation sites (tertiary alicyclic amines) is 1. The van der Waals surface area contributed by atoms with Crippen LogP contribution in [0.5, 0.6) is 0 Å². The van der Waals surface area contributed by atoms with Crippen LogP contribution in [-0.4, -0.2) is 48.7 Å². The van der Waals surface area contributed by atoms with Crippen molar-refractivity contribution in [1.29, 1.82) is 0 Å². The highest BCUT2D eigenvalue weighted by Gasteiger charge is 2.31. The van der Waals surface area contributed by atoms with Crippen molar-refractivity contribution in [3.8, 4) is 0 Å². The topological polar surface area (TPSA) is 41.6 Å². The molecule has 1 aliphatic rings. The van der Waals surface area contributed by atoms with Gasteiger partial charge < -0.3 is 10.1 Å². The Balaban J connectivity index is 2.62. The summed E-state index contributed by atoms with van der Waals surface area (Å²) in [7, 11) is 0. The molecule has 0 radical (unpaired) electrons. The van der Waals surface area contributed by atoms with Gasteiger partial charge in [-0.25, -0.2) is 0 Å². The highest BCUT2D eigenvalue weighted by molar-refractivity contribution is 5.76. The summed E-state index contributed by atoms with van der Waals surface area (Å²) in [6.45, 7) is 12.8. The molecule has 2 unspecified atom stereocenters. The molecule has 0 aromatic carbocycles. The standard InChI is InChI=1S/C15H30N2O2/c1-6-19-15(18)13(16-12(4)5)10-17-9-7-8-14(17)11(2)3/h11-14,16H,6-10H2,1-5H3. The van der Waals surface area contributed by atoms with Gasteiger partial charge in [0.25, 0.3) is 0 Å². The largest absolute Gasteiger partial charge is 0.465 e. The second-order valence-corrected chi connectivity index (χ2v) is 6.07. The molecule has 2 atom stereocenters. The molecule has 0 aromatic rings. The number of carbonyl (C=O) groups is 1. The molecule has 4 nitrogen and oxygen atoms in total. The van der Waals surface area contributed by atoms with Crippen molar-refractivity contribution in [3.63, 3.8) is 0 Å². The van der Waals surface area contributed by atoms with Crippen molar-refractivity contribution in [2.75, 3.05) is 19.7 Å². The molecule has 19 heavy (non-hydrogen) atoms. The molecule has 0 saturated carbocycles. The Morgan fingerprint density at radius 3 is 2.58 bits per heavy atom. The minimum Gasteiger partial charge on any atom is -0.465 e. The fourth-order valence-electron chi connectivity index (χ4n) is 2.91. The molecule has 1 fully saturated rings. The van der Waals surface area contributed by atoms with E-state index in [0.717, 1.165) is 13.1 Å². The van der Waals surface area contributed by atoms with Gasteiger partial charge in [0.05, 0.1) is 6.61 Å². The van der Waals surface area contributed by atoms with Crippen LogP contribution in [0.2, 0.25) is 0 Å². The third-order valence-electron chi connectivity index (χ3n) is 3.71. The number of hydrogen-bond acceptors (Lipinski definition) is 4. The van der Waals surface area contributed by atoms with E-state index in [1.54, 1.807) is 0 Å². The van der Waals surface area contributed by atoms with Crippen LogP contribution in [0, 0.1) is 5.92 Å². The second kappa shape index (κ2) is 7.85. The SMILES string of the molecule is CCOC(=O)C(CN1CCCC1C(C)C)NC(C)C. The second-order valence-electron chi connectivity index (χ2n) is 6.07. The number of ether oxygens (including phenoxy) is 1. The number of esters is 1. The van der Waals surface area contributed by atoms with E-state index in [0.29, 0.717) is 18.6 Å². The molecular weight excluding hydrogens is 240 g/mol. The number of rotatable bonds is 7. The quantitative estimate of drug-likeness (QED) is 0.719. The van der Waals surface area contributed by atoms with E-state index in [1.807, 2.05) is 6.92 Å². The molecule has 1 N–H and O–H groups in total. The van der Waals surface area contributed by atoms with Crippen LogP contribution in [-0.2, 0) is 9.53 Å². The number of hydrogen-bond donors (Lipinski definition) is 1. The fraction of sp³-hybridized carbons (Fsp3) is 0.933. The van der Waals surface area contributed by atoms with E-state index in [-0.39, 0.29) is 18.1 Å². The molecule has 0 spiro atoms. The van der Waals surface area contributed by atoms with Gasteiger partial charge in [-0.3, -0.25) is 9.69 Å². The van der Waals surface area contributed by atoms with Gasteiger partial charge in [-0.05, 0) is 32.2 Å². The number of nitrogens with one attached hydrogen (secondary N) is 1. The molecule has 0 aromatic heterocycles. The maximum Gasteiger partial charge on any atom is 0.324 e. The zero-order valence-corrected chi connectivity index (χ0v) is 13.1. The summed E-state index contributed by atoms with van der Waals surface area (Å²) in [5.74, 6) is 0.523. The Hall–Kier alpha value is -0.610. The highest BCUT2D eigenvalue weighted by atomic mass is 16.5. The molecule has 1 aliphatic heterocycles. The van der Waals surface area contributed by atoms with E-state index in [4.69, 9.17) is 4.74 Å². The summed E-state index contributed by atoms with van der Waals surface area (Å²) >= 11 is 0. The van der Waals surface area contributed by atoms with Gasteiger partial charge in [-0.15, -0.1) is 0 Å². The molecule has 4 heteroatoms. The van der Waals surface area contributed by atoms with E-state index >= 15 is 0 Å². The monoisotopic (exact) mass is 270 g/mol. The zero-order chi connectivity index (χ0) is 14.4. The van der Waals surface area contributed by atoms with Crippen molar-refractivity contribution in [1.82, 2.24) is 10.2 Å². The van der Waals surface area contributed by atoms with Crippen molar-refractivity contribution in [2.24, 2.45) is 5.92 Å². The molecule has 112 valence electrons. The third-order valence-corrected chi connectivity index (χ3v) is 3.71. The van der Waals surface area contributed by atoms with Gasteiger partial charge in [0.1, 0.15) is 6.04 Å². The smallest absolute Gasteiger partial charge is 0.324 e. The van der Waals surface area contributed by atoms with Gasteiger partial charge in [-0.2, -0.15) is 0 Å². The molecule has 1 heterocycles. The Morgan fingerprint density at radius 1 is 1.37 bits per heavy atom. The van der Waals surface area contributed by atoms with Crippen LogP contribution >= 0.6 is 0 Å². The summed E-state index contributed by atoms with van der Waals surface area (Å²) in [5.41, 5.74) is 0. The lowest BCUT2D eigenvalue weighted by molar-refractivity contribution is -0.146. The summed E-state index contributed by atoms with van der Waals surface area (Å²) in [4.78, 5) is 14.5. The van der Waals surface area contributed by atoms with E-state index in [1.165, 1.54) is 12.8 Å². The van der Waals surface area contributed by atoms with Gasteiger partial charge >= 0.3 is 5.97 Å². The van der Waals surface area contributed by atoms with Gasteiger partial charge in [0.2, 0.25) is 0 Å². The Kier molecular flexibility index (Phi) is 6.80. The molecule has 1 saturated heterocycles. The Labute approximate surface area is 117 Å². The molecule has 1 rings (SSSR count). The normalized spacial score (nSPS) is 22.2. The van der Waals surface area contributed by atoms with Crippen LogP contribution in [0.25, 0.3) is 0 Å². The Morgan fingerprint density at radius 2 is 2.05 bits per heavy atom. The highest BCUT2D eigenvalue weighted by Crippen LogP contribution is 2.23. The summed E-state index contributed by atoms with van der Waals surface area (Å²) in [5, 5.41) is 3.33. The van der Waals surface area contributed by atoms with Gasteiger partial charge in [-0.1, -0.05) is 27.7 Å². The third kappa shape index (κ3) is 5.11. The minimum absolute atomic E-state index is 0.120. The van der Waals surface area contributed by atoms with Crippen LogP contribution in [0.4, 0.5) is 0 Å². The molecule has 0 bridgehead atoms. The first-order chi connectivity index (χ1) is 8.95. The molecule has 0 amide bonds. The van der Waals surface area contributed by atoms with Crippen LogP contribution in [0.3, 0.4) is 0 Å². The minimum atomic E-state index is -0.209. The van der Waals surface area contributed by atoms with Crippen LogP contribution in [0.1, 0.15) is 47.5 Å². The van der Waals surface area contributed by atoms with Crippen molar-refractivity contribution >= 4 is 5.97 Å². The maximum atomic E-state index is 12.0. The zero-order valence-electron chi connectivity index (χ0n) is 13.1. The van der Waals surface area contributed by atoms with Crippen molar-refractivity contribution in [3.05, 3.63) is 0 Å². The fourth-order valence-corrected chi connectivity index (χ4v) is 2.91. The van der Waals surface area contributed by atoms with Crippen LogP contribution < -0.4 is 5.32 Å².